The monoisotopic (exact) mass is 208 g/mol. The third-order valence-electron chi connectivity index (χ3n) is 1.98. The van der Waals surface area contributed by atoms with Crippen molar-refractivity contribution in [1.29, 1.82) is 0 Å². The summed E-state index contributed by atoms with van der Waals surface area (Å²) in [5.41, 5.74) is 6.60. The molecule has 0 saturated carbocycles. The molecule has 0 bridgehead atoms. The van der Waals surface area contributed by atoms with Crippen molar-refractivity contribution in [3.63, 3.8) is 0 Å². The fourth-order valence-electron chi connectivity index (χ4n) is 1.22. The van der Waals surface area contributed by atoms with Crippen molar-refractivity contribution in [1.82, 2.24) is 0 Å². The number of ether oxygens (including phenoxy) is 2. The molecule has 0 fully saturated rings. The quantitative estimate of drug-likeness (QED) is 0.601. The number of nitrogens with two attached hydrogens (primary N) is 1. The van der Waals surface area contributed by atoms with Gasteiger partial charge in [0.2, 0.25) is 0 Å². The molecule has 4 heteroatoms. The van der Waals surface area contributed by atoms with Crippen molar-refractivity contribution in [2.45, 2.75) is 6.92 Å². The summed E-state index contributed by atoms with van der Waals surface area (Å²) in [4.78, 5) is 4.13. The number of rotatable bonds is 4. The van der Waals surface area contributed by atoms with Crippen LogP contribution in [-0.4, -0.2) is 26.6 Å². The number of aliphatic imine (C=N–C) groups is 1. The summed E-state index contributed by atoms with van der Waals surface area (Å²) in [5, 5.41) is 0. The highest BCUT2D eigenvalue weighted by atomic mass is 16.5. The zero-order chi connectivity index (χ0) is 11.3. The van der Waals surface area contributed by atoms with Crippen LogP contribution in [0.25, 0.3) is 0 Å². The SMILES string of the molecule is CCN=C(N)c1cc(OC)cc(OC)c1. The zero-order valence-corrected chi connectivity index (χ0v) is 9.28. The van der Waals surface area contributed by atoms with Crippen LogP contribution in [0.4, 0.5) is 0 Å². The highest BCUT2D eigenvalue weighted by Crippen LogP contribution is 2.22. The van der Waals surface area contributed by atoms with Gasteiger partial charge in [-0.05, 0) is 19.1 Å². The fraction of sp³-hybridized carbons (Fsp3) is 0.364. The molecule has 0 aliphatic heterocycles. The Morgan fingerprint density at radius 3 is 2.13 bits per heavy atom. The molecule has 0 amide bonds. The van der Waals surface area contributed by atoms with Crippen molar-refractivity contribution in [3.05, 3.63) is 23.8 Å². The van der Waals surface area contributed by atoms with Crippen LogP contribution in [-0.2, 0) is 0 Å². The molecule has 0 aromatic heterocycles. The number of nitrogens with zero attached hydrogens (tertiary/aromatic N) is 1. The molecule has 0 heterocycles. The molecule has 0 atom stereocenters. The van der Waals surface area contributed by atoms with E-state index in [2.05, 4.69) is 4.99 Å². The van der Waals surface area contributed by atoms with Crippen molar-refractivity contribution < 1.29 is 9.47 Å². The molecule has 0 saturated heterocycles. The van der Waals surface area contributed by atoms with Gasteiger partial charge in [-0.1, -0.05) is 0 Å². The van der Waals surface area contributed by atoms with Crippen LogP contribution < -0.4 is 15.2 Å². The minimum atomic E-state index is 0.495. The molecule has 15 heavy (non-hydrogen) atoms. The first-order valence-corrected chi connectivity index (χ1v) is 4.74. The summed E-state index contributed by atoms with van der Waals surface area (Å²) in [5.74, 6) is 1.91. The summed E-state index contributed by atoms with van der Waals surface area (Å²) >= 11 is 0. The third-order valence-corrected chi connectivity index (χ3v) is 1.98. The van der Waals surface area contributed by atoms with E-state index < -0.39 is 0 Å². The van der Waals surface area contributed by atoms with Crippen LogP contribution in [0.1, 0.15) is 12.5 Å². The van der Waals surface area contributed by atoms with Crippen LogP contribution in [0, 0.1) is 0 Å². The zero-order valence-electron chi connectivity index (χ0n) is 9.28. The van der Waals surface area contributed by atoms with Crippen LogP contribution in [0.3, 0.4) is 0 Å². The lowest BCUT2D eigenvalue weighted by Gasteiger charge is -2.07. The summed E-state index contributed by atoms with van der Waals surface area (Å²) in [6, 6.07) is 5.46. The molecule has 0 radical (unpaired) electrons. The van der Waals surface area contributed by atoms with Gasteiger partial charge in [0, 0.05) is 18.2 Å². The Hall–Kier alpha value is -1.71. The molecule has 0 aliphatic carbocycles. The molecule has 0 aliphatic rings. The van der Waals surface area contributed by atoms with Gasteiger partial charge in [-0.15, -0.1) is 0 Å². The van der Waals surface area contributed by atoms with Crippen molar-refractivity contribution in [2.24, 2.45) is 10.7 Å². The average molecular weight is 208 g/mol. The lowest BCUT2D eigenvalue weighted by molar-refractivity contribution is 0.394. The van der Waals surface area contributed by atoms with E-state index in [-0.39, 0.29) is 0 Å². The maximum absolute atomic E-state index is 5.79. The van der Waals surface area contributed by atoms with Crippen LogP contribution >= 0.6 is 0 Å². The Morgan fingerprint density at radius 2 is 1.73 bits per heavy atom. The number of hydrogen-bond acceptors (Lipinski definition) is 3. The molecule has 0 spiro atoms. The van der Waals surface area contributed by atoms with Gasteiger partial charge in [-0.25, -0.2) is 0 Å². The van der Waals surface area contributed by atoms with E-state index >= 15 is 0 Å². The van der Waals surface area contributed by atoms with Crippen LogP contribution in [0.5, 0.6) is 11.5 Å². The maximum atomic E-state index is 5.79. The second kappa shape index (κ2) is 5.24. The number of amidine groups is 1. The Balaban J connectivity index is 3.12. The van der Waals surface area contributed by atoms with E-state index in [1.54, 1.807) is 20.3 Å². The van der Waals surface area contributed by atoms with E-state index in [0.29, 0.717) is 23.9 Å². The normalized spacial score (nSPS) is 11.3. The standard InChI is InChI=1S/C11H16N2O2/c1-4-13-11(12)8-5-9(14-2)7-10(6-8)15-3/h5-7H,4H2,1-3H3,(H2,12,13). The Labute approximate surface area is 89.7 Å². The molecule has 2 N–H and O–H groups in total. The van der Waals surface area contributed by atoms with Gasteiger partial charge in [-0.3, -0.25) is 4.99 Å². The van der Waals surface area contributed by atoms with E-state index in [4.69, 9.17) is 15.2 Å². The summed E-state index contributed by atoms with van der Waals surface area (Å²) in [6.07, 6.45) is 0. The van der Waals surface area contributed by atoms with E-state index in [1.807, 2.05) is 19.1 Å². The van der Waals surface area contributed by atoms with Crippen molar-refractivity contribution >= 4 is 5.84 Å². The van der Waals surface area contributed by atoms with Gasteiger partial charge in [-0.2, -0.15) is 0 Å². The second-order valence-corrected chi connectivity index (χ2v) is 2.96. The molecule has 82 valence electrons. The largest absolute Gasteiger partial charge is 0.497 e. The van der Waals surface area contributed by atoms with E-state index in [1.165, 1.54) is 0 Å². The van der Waals surface area contributed by atoms with E-state index in [0.717, 1.165) is 5.56 Å². The lowest BCUT2D eigenvalue weighted by atomic mass is 10.2. The molecule has 1 aromatic rings. The number of benzene rings is 1. The Morgan fingerprint density at radius 1 is 1.20 bits per heavy atom. The van der Waals surface area contributed by atoms with E-state index in [9.17, 15) is 0 Å². The van der Waals surface area contributed by atoms with Crippen molar-refractivity contribution in [3.8, 4) is 11.5 Å². The van der Waals surface area contributed by atoms with Gasteiger partial charge in [0.05, 0.1) is 14.2 Å². The minimum absolute atomic E-state index is 0.495. The topological polar surface area (TPSA) is 56.8 Å². The van der Waals surface area contributed by atoms with Gasteiger partial charge in [0.15, 0.2) is 0 Å². The molecule has 4 nitrogen and oxygen atoms in total. The first kappa shape index (κ1) is 11.4. The highest BCUT2D eigenvalue weighted by molar-refractivity contribution is 5.98. The van der Waals surface area contributed by atoms with Gasteiger partial charge < -0.3 is 15.2 Å². The lowest BCUT2D eigenvalue weighted by Crippen LogP contribution is -2.13. The summed E-state index contributed by atoms with van der Waals surface area (Å²) in [6.45, 7) is 2.59. The molecule has 1 aromatic carbocycles. The fourth-order valence-corrected chi connectivity index (χ4v) is 1.22. The number of methoxy groups -OCH3 is 2. The average Bonchev–Trinajstić information content (AvgIpc) is 2.28. The Kier molecular flexibility index (Phi) is 3.97. The summed E-state index contributed by atoms with van der Waals surface area (Å²) in [7, 11) is 3.21. The Bertz CT molecular complexity index is 339. The molecular weight excluding hydrogens is 192 g/mol. The second-order valence-electron chi connectivity index (χ2n) is 2.96. The first-order chi connectivity index (χ1) is 7.21. The van der Waals surface area contributed by atoms with Crippen molar-refractivity contribution in [2.75, 3.05) is 20.8 Å². The van der Waals surface area contributed by atoms with Gasteiger partial charge >= 0.3 is 0 Å². The third kappa shape index (κ3) is 2.87. The van der Waals surface area contributed by atoms with Crippen LogP contribution in [0.2, 0.25) is 0 Å². The predicted molar refractivity (Wildman–Crippen MR) is 60.8 cm³/mol. The number of hydrogen-bond donors (Lipinski definition) is 1. The smallest absolute Gasteiger partial charge is 0.125 e. The highest BCUT2D eigenvalue weighted by Gasteiger charge is 2.04. The molecular formula is C11H16N2O2. The van der Waals surface area contributed by atoms with Gasteiger partial charge in [0.25, 0.3) is 0 Å². The molecule has 1 rings (SSSR count). The molecule has 0 unspecified atom stereocenters. The summed E-state index contributed by atoms with van der Waals surface area (Å²) < 4.78 is 10.3. The predicted octanol–water partition coefficient (Wildman–Crippen LogP) is 1.43. The van der Waals surface area contributed by atoms with Gasteiger partial charge in [0.1, 0.15) is 17.3 Å². The van der Waals surface area contributed by atoms with Crippen LogP contribution in [0.15, 0.2) is 23.2 Å². The first-order valence-electron chi connectivity index (χ1n) is 4.74. The minimum Gasteiger partial charge on any atom is -0.497 e. The maximum Gasteiger partial charge on any atom is 0.125 e.